The zero-order valence-electron chi connectivity index (χ0n) is 14.4. The maximum Gasteiger partial charge on any atom is 0.336 e. The summed E-state index contributed by atoms with van der Waals surface area (Å²) >= 11 is 3.51. The van der Waals surface area contributed by atoms with Gasteiger partial charge < -0.3 is 14.5 Å². The van der Waals surface area contributed by atoms with Gasteiger partial charge in [-0.25, -0.2) is 4.79 Å². The standard InChI is InChI=1S/C20H20BrNO3/c1-12-4-6-16-15(10-20(23)25-19(16)8-12)11-22-13(2)14-5-7-18(24-3)17(21)9-14/h4-10,13,22H,11H2,1-3H3. The molecule has 0 aliphatic rings. The summed E-state index contributed by atoms with van der Waals surface area (Å²) in [6, 6.07) is 13.6. The first-order chi connectivity index (χ1) is 12.0. The highest BCUT2D eigenvalue weighted by Gasteiger charge is 2.11. The predicted octanol–water partition coefficient (Wildman–Crippen LogP) is 4.72. The Labute approximate surface area is 154 Å². The largest absolute Gasteiger partial charge is 0.496 e. The van der Waals surface area contributed by atoms with Crippen molar-refractivity contribution < 1.29 is 9.15 Å². The lowest BCUT2D eigenvalue weighted by atomic mass is 10.1. The summed E-state index contributed by atoms with van der Waals surface area (Å²) in [4.78, 5) is 11.8. The summed E-state index contributed by atoms with van der Waals surface area (Å²) in [5.74, 6) is 0.804. The van der Waals surface area contributed by atoms with Gasteiger partial charge in [0.25, 0.3) is 0 Å². The van der Waals surface area contributed by atoms with E-state index >= 15 is 0 Å². The molecule has 5 heteroatoms. The molecule has 25 heavy (non-hydrogen) atoms. The minimum Gasteiger partial charge on any atom is -0.496 e. The van der Waals surface area contributed by atoms with Crippen molar-refractivity contribution in [2.45, 2.75) is 26.4 Å². The van der Waals surface area contributed by atoms with Crippen LogP contribution in [0.25, 0.3) is 11.0 Å². The molecule has 1 atom stereocenters. The smallest absolute Gasteiger partial charge is 0.336 e. The van der Waals surface area contributed by atoms with Gasteiger partial charge in [-0.3, -0.25) is 0 Å². The number of hydrogen-bond acceptors (Lipinski definition) is 4. The molecule has 1 N–H and O–H groups in total. The van der Waals surface area contributed by atoms with E-state index in [1.807, 2.05) is 43.3 Å². The van der Waals surface area contributed by atoms with E-state index in [1.165, 1.54) is 0 Å². The number of halogens is 1. The van der Waals surface area contributed by atoms with E-state index in [0.29, 0.717) is 12.1 Å². The van der Waals surface area contributed by atoms with E-state index in [-0.39, 0.29) is 11.7 Å². The molecule has 3 aromatic rings. The Morgan fingerprint density at radius 2 is 2.00 bits per heavy atom. The number of fused-ring (bicyclic) bond motifs is 1. The monoisotopic (exact) mass is 401 g/mol. The molecule has 0 radical (unpaired) electrons. The minimum absolute atomic E-state index is 0.120. The van der Waals surface area contributed by atoms with Gasteiger partial charge in [0.2, 0.25) is 0 Å². The molecule has 0 saturated carbocycles. The van der Waals surface area contributed by atoms with E-state index in [4.69, 9.17) is 9.15 Å². The summed E-state index contributed by atoms with van der Waals surface area (Å²) in [5, 5.41) is 4.43. The summed E-state index contributed by atoms with van der Waals surface area (Å²) in [5.41, 5.74) is 3.44. The van der Waals surface area contributed by atoms with Crippen molar-refractivity contribution in [2.75, 3.05) is 7.11 Å². The van der Waals surface area contributed by atoms with Crippen molar-refractivity contribution in [3.8, 4) is 5.75 Å². The van der Waals surface area contributed by atoms with Crippen LogP contribution in [0.3, 0.4) is 0 Å². The second-order valence-electron chi connectivity index (χ2n) is 6.09. The van der Waals surface area contributed by atoms with Gasteiger partial charge in [-0.2, -0.15) is 0 Å². The van der Waals surface area contributed by atoms with Crippen molar-refractivity contribution in [3.63, 3.8) is 0 Å². The molecule has 0 bridgehead atoms. The van der Waals surface area contributed by atoms with Crippen LogP contribution in [0.15, 0.2) is 56.1 Å². The fourth-order valence-electron chi connectivity index (χ4n) is 2.82. The average molecular weight is 402 g/mol. The number of nitrogens with one attached hydrogen (secondary N) is 1. The maximum atomic E-state index is 11.8. The highest BCUT2D eigenvalue weighted by Crippen LogP contribution is 2.28. The van der Waals surface area contributed by atoms with Crippen LogP contribution in [0.1, 0.15) is 29.7 Å². The van der Waals surface area contributed by atoms with Gasteiger partial charge in [0.05, 0.1) is 11.6 Å². The molecule has 2 aromatic carbocycles. The molecular weight excluding hydrogens is 382 g/mol. The van der Waals surface area contributed by atoms with Crippen LogP contribution >= 0.6 is 15.9 Å². The molecule has 0 amide bonds. The molecule has 0 fully saturated rings. The van der Waals surface area contributed by atoms with Crippen LogP contribution in [-0.4, -0.2) is 7.11 Å². The normalized spacial score (nSPS) is 12.3. The first-order valence-electron chi connectivity index (χ1n) is 8.08. The zero-order valence-corrected chi connectivity index (χ0v) is 16.0. The van der Waals surface area contributed by atoms with Gasteiger partial charge in [-0.15, -0.1) is 0 Å². The second-order valence-corrected chi connectivity index (χ2v) is 6.94. The van der Waals surface area contributed by atoms with Gasteiger partial charge in [-0.05, 0) is 64.7 Å². The Morgan fingerprint density at radius 3 is 2.72 bits per heavy atom. The van der Waals surface area contributed by atoms with Crippen molar-refractivity contribution in [2.24, 2.45) is 0 Å². The highest BCUT2D eigenvalue weighted by atomic mass is 79.9. The number of ether oxygens (including phenoxy) is 1. The molecule has 130 valence electrons. The third-order valence-corrected chi connectivity index (χ3v) is 4.88. The molecular formula is C20H20BrNO3. The second kappa shape index (κ2) is 7.42. The molecule has 0 saturated heterocycles. The van der Waals surface area contributed by atoms with E-state index in [0.717, 1.165) is 32.3 Å². The van der Waals surface area contributed by atoms with Crippen LogP contribution in [-0.2, 0) is 6.54 Å². The molecule has 1 unspecified atom stereocenters. The Bertz CT molecular complexity index is 965. The average Bonchev–Trinajstić information content (AvgIpc) is 2.58. The van der Waals surface area contributed by atoms with Gasteiger partial charge in [0.1, 0.15) is 11.3 Å². The number of methoxy groups -OCH3 is 1. The summed E-state index contributed by atoms with van der Waals surface area (Å²) < 4.78 is 11.5. The van der Waals surface area contributed by atoms with Gasteiger partial charge in [0.15, 0.2) is 0 Å². The molecule has 1 heterocycles. The number of rotatable bonds is 5. The fraction of sp³-hybridized carbons (Fsp3) is 0.250. The summed E-state index contributed by atoms with van der Waals surface area (Å²) in [6.07, 6.45) is 0. The number of benzene rings is 2. The summed E-state index contributed by atoms with van der Waals surface area (Å²) in [6.45, 7) is 4.65. The van der Waals surface area contributed by atoms with Crippen molar-refractivity contribution in [3.05, 3.63) is 74.0 Å². The van der Waals surface area contributed by atoms with Crippen LogP contribution in [0.4, 0.5) is 0 Å². The molecule has 1 aromatic heterocycles. The Hall–Kier alpha value is -2.11. The van der Waals surface area contributed by atoms with E-state index in [9.17, 15) is 4.79 Å². The Balaban J connectivity index is 1.82. The van der Waals surface area contributed by atoms with Crippen LogP contribution in [0, 0.1) is 6.92 Å². The van der Waals surface area contributed by atoms with Crippen molar-refractivity contribution >= 4 is 26.9 Å². The predicted molar refractivity (Wildman–Crippen MR) is 103 cm³/mol. The Morgan fingerprint density at radius 1 is 1.20 bits per heavy atom. The highest BCUT2D eigenvalue weighted by molar-refractivity contribution is 9.10. The number of hydrogen-bond donors (Lipinski definition) is 1. The van der Waals surface area contributed by atoms with E-state index < -0.39 is 0 Å². The lowest BCUT2D eigenvalue weighted by Gasteiger charge is -2.16. The third kappa shape index (κ3) is 3.94. The first-order valence-corrected chi connectivity index (χ1v) is 8.87. The first kappa shape index (κ1) is 17.7. The van der Waals surface area contributed by atoms with Crippen molar-refractivity contribution in [1.29, 1.82) is 0 Å². The lowest BCUT2D eigenvalue weighted by Crippen LogP contribution is -2.19. The van der Waals surface area contributed by atoms with Gasteiger partial charge >= 0.3 is 5.63 Å². The van der Waals surface area contributed by atoms with Crippen LogP contribution < -0.4 is 15.7 Å². The molecule has 3 rings (SSSR count). The number of aryl methyl sites for hydroxylation is 1. The molecule has 0 aliphatic heterocycles. The lowest BCUT2D eigenvalue weighted by molar-refractivity contribution is 0.411. The van der Waals surface area contributed by atoms with Gasteiger partial charge in [-0.1, -0.05) is 18.2 Å². The van der Waals surface area contributed by atoms with Gasteiger partial charge in [0, 0.05) is 24.0 Å². The van der Waals surface area contributed by atoms with Crippen LogP contribution in [0.2, 0.25) is 0 Å². The van der Waals surface area contributed by atoms with E-state index in [1.54, 1.807) is 13.2 Å². The Kier molecular flexibility index (Phi) is 5.25. The molecule has 0 spiro atoms. The maximum absolute atomic E-state index is 11.8. The quantitative estimate of drug-likeness (QED) is 0.628. The van der Waals surface area contributed by atoms with E-state index in [2.05, 4.69) is 28.2 Å². The third-order valence-electron chi connectivity index (χ3n) is 4.26. The minimum atomic E-state index is -0.324. The topological polar surface area (TPSA) is 51.5 Å². The van der Waals surface area contributed by atoms with Crippen LogP contribution in [0.5, 0.6) is 5.75 Å². The summed E-state index contributed by atoms with van der Waals surface area (Å²) in [7, 11) is 1.65. The zero-order chi connectivity index (χ0) is 18.0. The molecule has 4 nitrogen and oxygen atoms in total. The fourth-order valence-corrected chi connectivity index (χ4v) is 3.37. The SMILES string of the molecule is COc1ccc(C(C)NCc2cc(=O)oc3cc(C)ccc23)cc1Br. The molecule has 0 aliphatic carbocycles. The van der Waals surface area contributed by atoms with Crippen molar-refractivity contribution in [1.82, 2.24) is 5.32 Å².